The summed E-state index contributed by atoms with van der Waals surface area (Å²) < 4.78 is 0.992. The number of benzene rings is 2. The first-order valence-electron chi connectivity index (χ1n) is 10.8. The molecule has 0 saturated heterocycles. The molecule has 10 heteroatoms. The van der Waals surface area contributed by atoms with Gasteiger partial charge in [-0.05, 0) is 49.2 Å². The second-order valence-electron chi connectivity index (χ2n) is 7.89. The number of carbonyl (C=O) groups excluding carboxylic acids is 2. The summed E-state index contributed by atoms with van der Waals surface area (Å²) in [7, 11) is 0. The van der Waals surface area contributed by atoms with Gasteiger partial charge >= 0.3 is 5.97 Å². The predicted molar refractivity (Wildman–Crippen MR) is 143 cm³/mol. The smallest absolute Gasteiger partial charge is 0.307 e. The summed E-state index contributed by atoms with van der Waals surface area (Å²) in [4.78, 5) is 41.7. The van der Waals surface area contributed by atoms with Gasteiger partial charge in [0.15, 0.2) is 5.13 Å². The van der Waals surface area contributed by atoms with Crippen LogP contribution in [0, 0.1) is 11.8 Å². The summed E-state index contributed by atoms with van der Waals surface area (Å²) in [6.45, 7) is 0. The van der Waals surface area contributed by atoms with E-state index in [0.717, 1.165) is 20.6 Å². The number of thioether (sulfide) groups is 1. The van der Waals surface area contributed by atoms with Crippen LogP contribution in [0.15, 0.2) is 75.4 Å². The van der Waals surface area contributed by atoms with Crippen molar-refractivity contribution in [1.82, 2.24) is 4.98 Å². The highest BCUT2D eigenvalue weighted by atomic mass is 79.9. The van der Waals surface area contributed by atoms with Crippen LogP contribution in [0.1, 0.15) is 12.8 Å². The molecule has 1 aliphatic carbocycles. The van der Waals surface area contributed by atoms with Crippen molar-refractivity contribution in [2.24, 2.45) is 11.8 Å². The Morgan fingerprint density at radius 2 is 1.69 bits per heavy atom. The molecule has 2 atom stereocenters. The summed E-state index contributed by atoms with van der Waals surface area (Å²) in [6.07, 6.45) is 4.43. The quantitative estimate of drug-likeness (QED) is 0.229. The van der Waals surface area contributed by atoms with Gasteiger partial charge in [-0.2, -0.15) is 0 Å². The monoisotopic (exact) mass is 571 g/mol. The minimum Gasteiger partial charge on any atom is -0.481 e. The van der Waals surface area contributed by atoms with Crippen LogP contribution < -0.4 is 10.6 Å². The summed E-state index contributed by atoms with van der Waals surface area (Å²) in [6, 6.07) is 14.9. The third kappa shape index (κ3) is 6.81. The van der Waals surface area contributed by atoms with Crippen molar-refractivity contribution in [3.8, 4) is 11.3 Å². The number of amides is 2. The second-order valence-corrected chi connectivity index (χ2v) is 10.7. The molecular formula is C25H22BrN3O4S2. The van der Waals surface area contributed by atoms with Gasteiger partial charge in [0.1, 0.15) is 0 Å². The number of allylic oxidation sites excluding steroid dienone is 2. The standard InChI is InChI=1S/C25H22BrN3O4S2/c26-16-7-5-15(6-8-16)21-13-35-25(28-21)29-22(30)14-34-18-11-9-17(10-12-18)27-23(31)19-3-1-2-4-20(19)24(32)33/h1-2,5-13,19-20H,3-4,14H2,(H,27,31)(H,32,33)(H,28,29,30). The van der Waals surface area contributed by atoms with Crippen LogP contribution in [-0.4, -0.2) is 33.6 Å². The van der Waals surface area contributed by atoms with Gasteiger partial charge in [0.05, 0.1) is 23.3 Å². The molecule has 2 amide bonds. The van der Waals surface area contributed by atoms with E-state index in [9.17, 15) is 19.5 Å². The Hall–Kier alpha value is -2.95. The summed E-state index contributed by atoms with van der Waals surface area (Å²) in [5, 5.41) is 17.4. The average Bonchev–Trinajstić information content (AvgIpc) is 3.32. The Labute approximate surface area is 219 Å². The molecular weight excluding hydrogens is 550 g/mol. The lowest BCUT2D eigenvalue weighted by Crippen LogP contribution is -2.34. The summed E-state index contributed by atoms with van der Waals surface area (Å²) in [5.74, 6) is -2.50. The number of anilines is 2. The van der Waals surface area contributed by atoms with Crippen LogP contribution >= 0.6 is 39.0 Å². The van der Waals surface area contributed by atoms with Gasteiger partial charge in [-0.25, -0.2) is 4.98 Å². The molecule has 0 bridgehead atoms. The van der Waals surface area contributed by atoms with Crippen molar-refractivity contribution < 1.29 is 19.5 Å². The molecule has 0 radical (unpaired) electrons. The topological polar surface area (TPSA) is 108 Å². The number of nitrogens with zero attached hydrogens (tertiary/aromatic N) is 1. The Bertz CT molecular complexity index is 1240. The van der Waals surface area contributed by atoms with E-state index in [0.29, 0.717) is 23.7 Å². The number of nitrogens with one attached hydrogen (secondary N) is 2. The fourth-order valence-corrected chi connectivity index (χ4v) is 5.33. The molecule has 0 saturated carbocycles. The van der Waals surface area contributed by atoms with Crippen molar-refractivity contribution >= 4 is 67.6 Å². The second kappa shape index (κ2) is 11.7. The van der Waals surface area contributed by atoms with Crippen molar-refractivity contribution in [2.45, 2.75) is 17.7 Å². The lowest BCUT2D eigenvalue weighted by molar-refractivity contribution is -0.146. The minimum absolute atomic E-state index is 0.158. The molecule has 3 N–H and O–H groups in total. The van der Waals surface area contributed by atoms with E-state index in [1.807, 2.05) is 47.9 Å². The third-order valence-corrected chi connectivity index (χ3v) is 7.77. The fourth-order valence-electron chi connectivity index (χ4n) is 3.63. The molecule has 1 heterocycles. The lowest BCUT2D eigenvalue weighted by Gasteiger charge is -2.24. The largest absolute Gasteiger partial charge is 0.481 e. The Balaban J connectivity index is 1.26. The number of hydrogen-bond acceptors (Lipinski definition) is 6. The molecule has 2 aromatic carbocycles. The minimum atomic E-state index is -0.957. The number of carboxylic acids is 1. The highest BCUT2D eigenvalue weighted by Gasteiger charge is 2.33. The number of carbonyl (C=O) groups is 3. The van der Waals surface area contributed by atoms with E-state index in [1.165, 1.54) is 23.1 Å². The average molecular weight is 573 g/mol. The SMILES string of the molecule is O=C(CSc1ccc(NC(=O)C2CC=CCC2C(=O)O)cc1)Nc1nc(-c2ccc(Br)cc2)cs1. The van der Waals surface area contributed by atoms with Crippen LogP contribution in [0.3, 0.4) is 0 Å². The highest BCUT2D eigenvalue weighted by molar-refractivity contribution is 9.10. The lowest BCUT2D eigenvalue weighted by atomic mass is 9.82. The number of carboxylic acid groups (broad SMARTS) is 1. The molecule has 2 unspecified atom stereocenters. The fraction of sp³-hybridized carbons (Fsp3) is 0.200. The molecule has 7 nitrogen and oxygen atoms in total. The molecule has 0 fully saturated rings. The van der Waals surface area contributed by atoms with Crippen LogP contribution in [0.2, 0.25) is 0 Å². The zero-order valence-corrected chi connectivity index (χ0v) is 21.7. The van der Waals surface area contributed by atoms with Gasteiger partial charge in [-0.1, -0.05) is 40.2 Å². The van der Waals surface area contributed by atoms with Gasteiger partial charge in [-0.3, -0.25) is 14.4 Å². The zero-order valence-electron chi connectivity index (χ0n) is 18.4. The first kappa shape index (κ1) is 25.2. The first-order valence-corrected chi connectivity index (χ1v) is 13.5. The molecule has 4 rings (SSSR count). The van der Waals surface area contributed by atoms with E-state index in [1.54, 1.807) is 18.2 Å². The normalized spacial score (nSPS) is 17.1. The number of aliphatic carboxylic acids is 1. The zero-order chi connectivity index (χ0) is 24.8. The predicted octanol–water partition coefficient (Wildman–Crippen LogP) is 5.91. The van der Waals surface area contributed by atoms with Crippen LogP contribution in [0.25, 0.3) is 11.3 Å². The van der Waals surface area contributed by atoms with Crippen LogP contribution in [0.5, 0.6) is 0 Å². The van der Waals surface area contributed by atoms with E-state index in [2.05, 4.69) is 31.5 Å². The van der Waals surface area contributed by atoms with Crippen molar-refractivity contribution in [2.75, 3.05) is 16.4 Å². The maximum atomic E-state index is 12.6. The van der Waals surface area contributed by atoms with E-state index in [-0.39, 0.29) is 17.6 Å². The van der Waals surface area contributed by atoms with E-state index < -0.39 is 17.8 Å². The number of thiazole rings is 1. The number of hydrogen-bond donors (Lipinski definition) is 3. The Kier molecular flexibility index (Phi) is 8.37. The maximum Gasteiger partial charge on any atom is 0.307 e. The first-order chi connectivity index (χ1) is 16.9. The summed E-state index contributed by atoms with van der Waals surface area (Å²) >= 11 is 6.16. The van der Waals surface area contributed by atoms with Gasteiger partial charge in [0.2, 0.25) is 11.8 Å². The van der Waals surface area contributed by atoms with Crippen molar-refractivity contribution in [1.29, 1.82) is 0 Å². The third-order valence-electron chi connectivity index (χ3n) is 5.47. The molecule has 1 aliphatic rings. The van der Waals surface area contributed by atoms with Gasteiger partial charge in [-0.15, -0.1) is 23.1 Å². The van der Waals surface area contributed by atoms with Crippen molar-refractivity contribution in [3.63, 3.8) is 0 Å². The molecule has 35 heavy (non-hydrogen) atoms. The van der Waals surface area contributed by atoms with Gasteiger partial charge in [0, 0.05) is 26.0 Å². The number of halogens is 1. The van der Waals surface area contributed by atoms with E-state index in [4.69, 9.17) is 0 Å². The van der Waals surface area contributed by atoms with Gasteiger partial charge in [0.25, 0.3) is 0 Å². The van der Waals surface area contributed by atoms with Crippen molar-refractivity contribution in [3.05, 3.63) is 70.5 Å². The molecule has 1 aromatic heterocycles. The highest BCUT2D eigenvalue weighted by Crippen LogP contribution is 2.29. The molecule has 0 aliphatic heterocycles. The molecule has 180 valence electrons. The number of aromatic nitrogens is 1. The van der Waals surface area contributed by atoms with Gasteiger partial charge < -0.3 is 15.7 Å². The summed E-state index contributed by atoms with van der Waals surface area (Å²) in [5.41, 5.74) is 2.37. The van der Waals surface area contributed by atoms with Crippen LogP contribution in [-0.2, 0) is 14.4 Å². The number of rotatable bonds is 8. The maximum absolute atomic E-state index is 12.6. The van der Waals surface area contributed by atoms with Crippen LogP contribution in [0.4, 0.5) is 10.8 Å². The Morgan fingerprint density at radius 1 is 1.00 bits per heavy atom. The molecule has 3 aromatic rings. The van der Waals surface area contributed by atoms with E-state index >= 15 is 0 Å². The Morgan fingerprint density at radius 3 is 2.37 bits per heavy atom. The molecule has 0 spiro atoms.